The number of benzene rings is 2. The maximum atomic E-state index is 15.4. The Labute approximate surface area is 205 Å². The predicted molar refractivity (Wildman–Crippen MR) is 133 cm³/mol. The molecule has 0 amide bonds. The first-order valence-electron chi connectivity index (χ1n) is 11.8. The summed E-state index contributed by atoms with van der Waals surface area (Å²) in [6.07, 6.45) is 4.63. The second-order valence-electron chi connectivity index (χ2n) is 9.33. The molecule has 1 atom stereocenters. The van der Waals surface area contributed by atoms with Gasteiger partial charge in [-0.3, -0.25) is 18.5 Å². The van der Waals surface area contributed by atoms with Gasteiger partial charge in [0.2, 0.25) is 0 Å². The topological polar surface area (TPSA) is 74.6 Å². The Morgan fingerprint density at radius 2 is 1.78 bits per heavy atom. The quantitative estimate of drug-likeness (QED) is 0.417. The van der Waals surface area contributed by atoms with E-state index in [0.717, 1.165) is 17.8 Å². The second-order valence-corrected chi connectivity index (χ2v) is 9.33. The van der Waals surface area contributed by atoms with E-state index in [-0.39, 0.29) is 17.5 Å². The van der Waals surface area contributed by atoms with Gasteiger partial charge in [-0.2, -0.15) is 10.2 Å². The Kier molecular flexibility index (Phi) is 4.97. The van der Waals surface area contributed by atoms with Gasteiger partial charge in [-0.05, 0) is 56.2 Å². The molecule has 1 N–H and O–H groups in total. The van der Waals surface area contributed by atoms with Crippen molar-refractivity contribution in [2.45, 2.75) is 33.4 Å². The van der Waals surface area contributed by atoms with Gasteiger partial charge >= 0.3 is 5.69 Å². The molecule has 184 valence electrons. The van der Waals surface area contributed by atoms with Crippen molar-refractivity contribution in [3.8, 4) is 22.6 Å². The van der Waals surface area contributed by atoms with Gasteiger partial charge in [0.15, 0.2) is 5.82 Å². The lowest BCUT2D eigenvalue weighted by atomic mass is 10.0. The van der Waals surface area contributed by atoms with Gasteiger partial charge in [-0.1, -0.05) is 0 Å². The molecule has 8 nitrogen and oxygen atoms in total. The van der Waals surface area contributed by atoms with Crippen LogP contribution in [0.1, 0.15) is 29.8 Å². The van der Waals surface area contributed by atoms with Crippen molar-refractivity contribution in [1.82, 2.24) is 34.0 Å². The minimum atomic E-state index is -0.516. The fourth-order valence-electron chi connectivity index (χ4n) is 5.16. The van der Waals surface area contributed by atoms with Gasteiger partial charge in [0.05, 0.1) is 35.0 Å². The minimum absolute atomic E-state index is 0.0728. The van der Waals surface area contributed by atoms with E-state index in [2.05, 4.69) is 10.4 Å². The number of nitrogens with one attached hydrogen (secondary N) is 1. The van der Waals surface area contributed by atoms with Crippen LogP contribution < -0.4 is 11.0 Å². The molecule has 2 aromatic carbocycles. The number of halogens is 2. The third kappa shape index (κ3) is 3.17. The lowest BCUT2D eigenvalue weighted by Crippen LogP contribution is -2.33. The zero-order chi connectivity index (χ0) is 25.3. The summed E-state index contributed by atoms with van der Waals surface area (Å²) >= 11 is 0. The van der Waals surface area contributed by atoms with Crippen LogP contribution in [-0.4, -0.2) is 35.2 Å². The molecule has 0 fully saturated rings. The molecule has 4 heterocycles. The highest BCUT2D eigenvalue weighted by molar-refractivity contribution is 5.82. The molecule has 0 aliphatic carbocycles. The Bertz CT molecular complexity index is 1700. The predicted octanol–water partition coefficient (Wildman–Crippen LogP) is 3.94. The Morgan fingerprint density at radius 1 is 1.06 bits per heavy atom. The normalized spacial score (nSPS) is 15.6. The summed E-state index contributed by atoms with van der Waals surface area (Å²) in [5.41, 5.74) is 4.11. The number of aryl methyl sites for hydroxylation is 3. The summed E-state index contributed by atoms with van der Waals surface area (Å²) in [5.74, 6) is -0.776. The van der Waals surface area contributed by atoms with Crippen molar-refractivity contribution >= 4 is 10.9 Å². The van der Waals surface area contributed by atoms with E-state index in [1.165, 1.54) is 15.3 Å². The van der Waals surface area contributed by atoms with Gasteiger partial charge < -0.3 is 5.32 Å². The van der Waals surface area contributed by atoms with Gasteiger partial charge in [0.1, 0.15) is 17.2 Å². The summed E-state index contributed by atoms with van der Waals surface area (Å²) in [6, 6.07) is 6.74. The summed E-state index contributed by atoms with van der Waals surface area (Å²) in [5, 5.41) is 12.7. The Balaban J connectivity index is 1.59. The SMILES string of the molecule is Cc1cc(-c2nn3c(c2-n2ccn(-c4ccc5c(cnn5C)c4F)c2=O)[C@@H](C)NCC3)cc(C)c1F. The van der Waals surface area contributed by atoms with Crippen molar-refractivity contribution in [2.75, 3.05) is 6.54 Å². The average Bonchev–Trinajstić information content (AvgIpc) is 3.53. The highest BCUT2D eigenvalue weighted by Gasteiger charge is 2.29. The van der Waals surface area contributed by atoms with Crippen LogP contribution in [0.2, 0.25) is 0 Å². The standard InChI is InChI=1S/C26H25F2N7O/c1-14-11-17(12-15(2)21(14)27)23-25(24-16(3)29-7-8-35(24)31-23)34-10-9-33(26(34)36)20-6-5-19-18(22(20)28)13-30-32(19)4/h5-6,9-13,16,29H,7-8H2,1-4H3/t16-/m1/s1. The molecule has 0 radical (unpaired) electrons. The molecule has 3 aromatic heterocycles. The van der Waals surface area contributed by atoms with Crippen LogP contribution in [0.4, 0.5) is 8.78 Å². The third-order valence-corrected chi connectivity index (χ3v) is 6.98. The largest absolute Gasteiger partial charge is 0.337 e. The van der Waals surface area contributed by atoms with Gasteiger partial charge in [0, 0.05) is 37.6 Å². The Morgan fingerprint density at radius 3 is 2.53 bits per heavy atom. The van der Waals surface area contributed by atoms with Gasteiger partial charge in [-0.25, -0.2) is 13.6 Å². The van der Waals surface area contributed by atoms with Crippen LogP contribution in [0.3, 0.4) is 0 Å². The molecule has 0 saturated heterocycles. The summed E-state index contributed by atoms with van der Waals surface area (Å²) in [4.78, 5) is 13.7. The molecule has 5 aromatic rings. The van der Waals surface area contributed by atoms with Crippen LogP contribution in [0.25, 0.3) is 33.5 Å². The summed E-state index contributed by atoms with van der Waals surface area (Å²) in [6.45, 7) is 6.81. The highest BCUT2D eigenvalue weighted by Crippen LogP contribution is 2.35. The van der Waals surface area contributed by atoms with Crippen molar-refractivity contribution < 1.29 is 8.78 Å². The molecular formula is C26H25F2N7O. The van der Waals surface area contributed by atoms with Crippen LogP contribution >= 0.6 is 0 Å². The van der Waals surface area contributed by atoms with Crippen molar-refractivity contribution in [3.05, 3.63) is 81.8 Å². The number of imidazole rings is 1. The lowest BCUT2D eigenvalue weighted by molar-refractivity contribution is 0.419. The summed E-state index contributed by atoms with van der Waals surface area (Å²) in [7, 11) is 1.74. The van der Waals surface area contributed by atoms with E-state index < -0.39 is 11.5 Å². The lowest BCUT2D eigenvalue weighted by Gasteiger charge is -2.23. The van der Waals surface area contributed by atoms with E-state index in [9.17, 15) is 9.18 Å². The van der Waals surface area contributed by atoms with Crippen LogP contribution in [0.15, 0.2) is 47.7 Å². The van der Waals surface area contributed by atoms with E-state index >= 15 is 4.39 Å². The number of fused-ring (bicyclic) bond motifs is 2. The van der Waals surface area contributed by atoms with E-state index in [0.29, 0.717) is 40.0 Å². The monoisotopic (exact) mass is 489 g/mol. The van der Waals surface area contributed by atoms with Crippen molar-refractivity contribution in [3.63, 3.8) is 0 Å². The highest BCUT2D eigenvalue weighted by atomic mass is 19.1. The molecule has 0 saturated carbocycles. The first-order chi connectivity index (χ1) is 17.3. The zero-order valence-corrected chi connectivity index (χ0v) is 20.4. The molecule has 1 aliphatic heterocycles. The smallest absolute Gasteiger partial charge is 0.307 e. The van der Waals surface area contributed by atoms with E-state index in [4.69, 9.17) is 5.10 Å². The third-order valence-electron chi connectivity index (χ3n) is 6.98. The van der Waals surface area contributed by atoms with Gasteiger partial charge in [-0.15, -0.1) is 0 Å². The van der Waals surface area contributed by atoms with Gasteiger partial charge in [0.25, 0.3) is 0 Å². The molecule has 10 heteroatoms. The maximum absolute atomic E-state index is 15.4. The molecule has 0 bridgehead atoms. The fraction of sp³-hybridized carbons (Fsp3) is 0.269. The molecule has 0 spiro atoms. The number of rotatable bonds is 3. The molecule has 36 heavy (non-hydrogen) atoms. The van der Waals surface area contributed by atoms with Crippen molar-refractivity contribution in [2.24, 2.45) is 7.05 Å². The van der Waals surface area contributed by atoms with Crippen LogP contribution in [-0.2, 0) is 13.6 Å². The number of hydrogen-bond donors (Lipinski definition) is 1. The fourth-order valence-corrected chi connectivity index (χ4v) is 5.16. The first kappa shape index (κ1) is 22.4. The Hall–Kier alpha value is -4.05. The molecule has 0 unspecified atom stereocenters. The van der Waals surface area contributed by atoms with Crippen LogP contribution in [0, 0.1) is 25.5 Å². The first-order valence-corrected chi connectivity index (χ1v) is 11.8. The minimum Gasteiger partial charge on any atom is -0.307 e. The molecule has 6 rings (SSSR count). The average molecular weight is 490 g/mol. The van der Waals surface area contributed by atoms with E-state index in [1.54, 1.807) is 62.2 Å². The summed E-state index contributed by atoms with van der Waals surface area (Å²) < 4.78 is 36.1. The molecular weight excluding hydrogens is 464 g/mol. The zero-order valence-electron chi connectivity index (χ0n) is 20.4. The molecule has 1 aliphatic rings. The number of nitrogens with zero attached hydrogens (tertiary/aromatic N) is 6. The van der Waals surface area contributed by atoms with Crippen LogP contribution in [0.5, 0.6) is 0 Å². The maximum Gasteiger partial charge on any atom is 0.337 e. The second kappa shape index (κ2) is 7.99. The van der Waals surface area contributed by atoms with E-state index in [1.807, 2.05) is 11.6 Å². The number of hydrogen-bond acceptors (Lipinski definition) is 4. The van der Waals surface area contributed by atoms with Crippen molar-refractivity contribution in [1.29, 1.82) is 0 Å². The number of aromatic nitrogens is 6.